The van der Waals surface area contributed by atoms with E-state index in [1.807, 2.05) is 36.4 Å². The van der Waals surface area contributed by atoms with Crippen molar-refractivity contribution in [1.29, 1.82) is 0 Å². The summed E-state index contributed by atoms with van der Waals surface area (Å²) in [4.78, 5) is 4.58. The van der Waals surface area contributed by atoms with E-state index in [1.54, 1.807) is 0 Å². The Morgan fingerprint density at radius 3 is 1.73 bits per heavy atom. The highest BCUT2D eigenvalue weighted by Gasteiger charge is 2.57. The Kier molecular flexibility index (Phi) is 9.94. The van der Waals surface area contributed by atoms with Crippen molar-refractivity contribution in [3.05, 3.63) is 203 Å². The zero-order valence-corrected chi connectivity index (χ0v) is 38.3. The van der Waals surface area contributed by atoms with E-state index in [9.17, 15) is 0 Å². The molecule has 0 bridgehead atoms. The summed E-state index contributed by atoms with van der Waals surface area (Å²) < 4.78 is 2.55. The first-order valence-corrected chi connectivity index (χ1v) is 22.3. The molecular formula is C60H60N2. The number of allylic oxidation sites excluding steroid dienone is 1. The van der Waals surface area contributed by atoms with Gasteiger partial charge in [0.25, 0.3) is 0 Å². The number of benzene rings is 7. The zero-order chi connectivity index (χ0) is 43.8. The molecule has 0 atom stereocenters. The molecule has 310 valence electrons. The van der Waals surface area contributed by atoms with Crippen LogP contribution in [0.1, 0.15) is 108 Å². The number of rotatable bonds is 6. The van der Waals surface area contributed by atoms with E-state index in [4.69, 9.17) is 0 Å². The summed E-state index contributed by atoms with van der Waals surface area (Å²) in [6.07, 6.45) is 0. The van der Waals surface area contributed by atoms with Crippen LogP contribution >= 0.6 is 0 Å². The predicted molar refractivity (Wildman–Crippen MR) is 267 cm³/mol. The quantitative estimate of drug-likeness (QED) is 0.149. The number of hydrogen-bond donors (Lipinski definition) is 0. The second-order valence-corrected chi connectivity index (χ2v) is 19.9. The van der Waals surface area contributed by atoms with Gasteiger partial charge in [0.2, 0.25) is 0 Å². The van der Waals surface area contributed by atoms with E-state index in [-0.39, 0.29) is 21.7 Å². The Balaban J connectivity index is 0.000000258. The molecule has 0 fully saturated rings. The fourth-order valence-electron chi connectivity index (χ4n) is 10.4. The molecule has 0 saturated heterocycles. The van der Waals surface area contributed by atoms with Crippen LogP contribution in [-0.2, 0) is 22.8 Å². The van der Waals surface area contributed by atoms with Crippen LogP contribution in [-0.4, -0.2) is 10.3 Å². The van der Waals surface area contributed by atoms with E-state index >= 15 is 0 Å². The van der Waals surface area contributed by atoms with E-state index in [0.717, 1.165) is 17.8 Å². The van der Waals surface area contributed by atoms with Gasteiger partial charge in [-0.2, -0.15) is 0 Å². The molecule has 0 aliphatic heterocycles. The first-order valence-electron chi connectivity index (χ1n) is 22.3. The van der Waals surface area contributed by atoms with Crippen LogP contribution in [0.4, 0.5) is 0 Å². The van der Waals surface area contributed by atoms with Crippen molar-refractivity contribution >= 4 is 33.1 Å². The van der Waals surface area contributed by atoms with Crippen LogP contribution in [0.3, 0.4) is 0 Å². The van der Waals surface area contributed by atoms with Crippen molar-refractivity contribution in [2.24, 2.45) is 10.4 Å². The lowest BCUT2D eigenvalue weighted by Crippen LogP contribution is -2.42. The lowest BCUT2D eigenvalue weighted by Gasteiger charge is -2.44. The van der Waals surface area contributed by atoms with E-state index < -0.39 is 0 Å². The Morgan fingerprint density at radius 1 is 0.500 bits per heavy atom. The molecule has 2 heteroatoms. The van der Waals surface area contributed by atoms with Crippen LogP contribution in [0.15, 0.2) is 169 Å². The average Bonchev–Trinajstić information content (AvgIpc) is 3.75. The molecule has 1 aromatic heterocycles. The largest absolute Gasteiger partial charge is 0.309 e. The Bertz CT molecular complexity index is 3060. The van der Waals surface area contributed by atoms with Gasteiger partial charge in [-0.05, 0) is 134 Å². The normalized spacial score (nSPS) is 16.3. The molecule has 8 aromatic rings. The summed E-state index contributed by atoms with van der Waals surface area (Å²) in [5.41, 5.74) is 20.6. The van der Waals surface area contributed by atoms with Crippen molar-refractivity contribution in [1.82, 2.24) is 4.57 Å². The first kappa shape index (κ1) is 41.1. The number of aliphatic imine (C=N–C) groups is 1. The van der Waals surface area contributed by atoms with E-state index in [2.05, 4.69) is 207 Å². The number of nitrogens with zero attached hydrogens (tertiary/aromatic N) is 2. The summed E-state index contributed by atoms with van der Waals surface area (Å²) in [6, 6.07) is 57.5. The van der Waals surface area contributed by atoms with Crippen LogP contribution in [0.5, 0.6) is 0 Å². The van der Waals surface area contributed by atoms with Gasteiger partial charge in [-0.1, -0.05) is 183 Å². The third-order valence-electron chi connectivity index (χ3n) is 15.4. The molecule has 2 nitrogen and oxygen atoms in total. The highest BCUT2D eigenvalue weighted by molar-refractivity contribution is 6.12. The minimum atomic E-state index is -0.0675. The molecule has 0 N–H and O–H groups in total. The molecule has 0 spiro atoms. The van der Waals surface area contributed by atoms with Crippen LogP contribution in [0.2, 0.25) is 0 Å². The number of aromatic nitrogens is 1. The maximum Gasteiger partial charge on any atom is 0.0643 e. The van der Waals surface area contributed by atoms with Gasteiger partial charge in [0.1, 0.15) is 0 Å². The SMILES string of the molecule is C=C(C)c1cccc(-c2cccc(-n3c4cc5c(cc4c4cc6c(cc43)C(C)(C)C(C)(C)C6(C)C)-c3ccccc3C5(C)C)c2)c1.CC(=NCc1ccccc1)c1ccccc1. The van der Waals surface area contributed by atoms with Crippen molar-refractivity contribution < 1.29 is 0 Å². The highest BCUT2D eigenvalue weighted by atomic mass is 15.0. The minimum Gasteiger partial charge on any atom is -0.309 e. The van der Waals surface area contributed by atoms with Gasteiger partial charge < -0.3 is 4.57 Å². The van der Waals surface area contributed by atoms with Gasteiger partial charge in [-0.25, -0.2) is 0 Å². The standard InChI is InChI=1S/C45H45N.C15H15N/c1-27(2)28-15-13-16-29(21-28)30-17-14-18-31(22-30)46-40-25-37-33(32-19-11-12-20-36(32)42(37,3)4)23-34(40)35-24-38-39(26-41(35)46)44(7,8)45(9,10)43(38,5)6;1-13(15-10-6-3-7-11-15)16-12-14-8-4-2-5-9-14/h11-26H,1H2,2-10H3;2-11H,12H2,1H3. The maximum absolute atomic E-state index is 4.58. The summed E-state index contributed by atoms with van der Waals surface area (Å²) in [6.45, 7) is 28.6. The molecule has 1 heterocycles. The van der Waals surface area contributed by atoms with Crippen molar-refractivity contribution in [2.75, 3.05) is 0 Å². The third-order valence-corrected chi connectivity index (χ3v) is 15.4. The van der Waals surface area contributed by atoms with Gasteiger partial charge in [0.05, 0.1) is 17.6 Å². The lowest BCUT2D eigenvalue weighted by molar-refractivity contribution is 0.125. The maximum atomic E-state index is 4.58. The molecular weight excluding hydrogens is 749 g/mol. The average molecular weight is 809 g/mol. The summed E-state index contributed by atoms with van der Waals surface area (Å²) >= 11 is 0. The molecule has 0 saturated carbocycles. The zero-order valence-electron chi connectivity index (χ0n) is 38.3. The monoisotopic (exact) mass is 808 g/mol. The molecule has 10 rings (SSSR count). The van der Waals surface area contributed by atoms with Gasteiger partial charge in [-0.3, -0.25) is 4.99 Å². The molecule has 0 unspecified atom stereocenters. The van der Waals surface area contributed by atoms with E-state index in [0.29, 0.717) is 0 Å². The Morgan fingerprint density at radius 2 is 1.05 bits per heavy atom. The molecule has 7 aromatic carbocycles. The first-order chi connectivity index (χ1) is 29.5. The fraction of sp³-hybridized carbons (Fsp3) is 0.250. The van der Waals surface area contributed by atoms with Gasteiger partial charge in [0, 0.05) is 27.6 Å². The topological polar surface area (TPSA) is 17.3 Å². The number of hydrogen-bond acceptors (Lipinski definition) is 1. The van der Waals surface area contributed by atoms with Crippen LogP contribution in [0.25, 0.3) is 55.3 Å². The Hall–Kier alpha value is -6.25. The summed E-state index contributed by atoms with van der Waals surface area (Å²) in [7, 11) is 0. The second-order valence-electron chi connectivity index (χ2n) is 19.9. The van der Waals surface area contributed by atoms with Crippen molar-refractivity contribution in [3.8, 4) is 27.9 Å². The van der Waals surface area contributed by atoms with Crippen LogP contribution in [0, 0.1) is 5.41 Å². The van der Waals surface area contributed by atoms with Crippen molar-refractivity contribution in [3.63, 3.8) is 0 Å². The molecule has 62 heavy (non-hydrogen) atoms. The third kappa shape index (κ3) is 6.49. The number of fused-ring (bicyclic) bond motifs is 7. The Labute approximate surface area is 369 Å². The summed E-state index contributed by atoms with van der Waals surface area (Å²) in [5.74, 6) is 0. The van der Waals surface area contributed by atoms with Gasteiger partial charge in [0.15, 0.2) is 0 Å². The van der Waals surface area contributed by atoms with Crippen molar-refractivity contribution in [2.45, 2.75) is 92.0 Å². The summed E-state index contributed by atoms with van der Waals surface area (Å²) in [5, 5.41) is 2.67. The molecule has 2 aliphatic carbocycles. The molecule has 0 radical (unpaired) electrons. The highest BCUT2D eigenvalue weighted by Crippen LogP contribution is 2.62. The van der Waals surface area contributed by atoms with E-state index in [1.165, 1.54) is 88.7 Å². The van der Waals surface area contributed by atoms with Gasteiger partial charge in [-0.15, -0.1) is 0 Å². The predicted octanol–water partition coefficient (Wildman–Crippen LogP) is 16.1. The van der Waals surface area contributed by atoms with Crippen LogP contribution < -0.4 is 0 Å². The minimum absolute atomic E-state index is 0.0227. The second kappa shape index (κ2) is 15.0. The smallest absolute Gasteiger partial charge is 0.0643 e. The molecule has 0 amide bonds. The van der Waals surface area contributed by atoms with Gasteiger partial charge >= 0.3 is 0 Å². The molecule has 2 aliphatic rings. The fourth-order valence-corrected chi connectivity index (χ4v) is 10.4. The lowest BCUT2D eigenvalue weighted by atomic mass is 9.59.